The molecule has 5 nitrogen and oxygen atoms in total. The normalized spacial score (nSPS) is 13.8. The first kappa shape index (κ1) is 22.8. The zero-order valence-corrected chi connectivity index (χ0v) is 17.0. The summed E-state index contributed by atoms with van der Waals surface area (Å²) in [5.74, 6) is -0.493. The summed E-state index contributed by atoms with van der Waals surface area (Å²) in [5.41, 5.74) is 0.925. The van der Waals surface area contributed by atoms with E-state index in [0.29, 0.717) is 5.69 Å². The van der Waals surface area contributed by atoms with E-state index in [1.165, 1.54) is 24.1 Å². The monoisotopic (exact) mass is 425 g/mol. The first-order chi connectivity index (χ1) is 13.7. The molecule has 3 N–H and O–H groups in total. The molecule has 1 atom stereocenters. The quantitative estimate of drug-likeness (QED) is 0.630. The number of nitrogens with zero attached hydrogens (tertiary/aromatic N) is 1. The summed E-state index contributed by atoms with van der Waals surface area (Å²) < 4.78 is 41.1. The second-order valence-electron chi connectivity index (χ2n) is 5.98. The maximum Gasteiger partial charge on any atom is 0.416 e. The molecular weight excluding hydrogens is 403 g/mol. The molecule has 1 heterocycles. The van der Waals surface area contributed by atoms with Gasteiger partial charge in [-0.05, 0) is 54.3 Å². The zero-order chi connectivity index (χ0) is 21.6. The van der Waals surface area contributed by atoms with Crippen LogP contribution in [0.15, 0.2) is 52.4 Å². The third-order valence-corrected chi connectivity index (χ3v) is 4.72. The number of hydrogen-bond donors (Lipinski definition) is 3. The minimum atomic E-state index is -4.50. The van der Waals surface area contributed by atoms with E-state index in [9.17, 15) is 23.1 Å². The van der Waals surface area contributed by atoms with Gasteiger partial charge in [0.25, 0.3) is 5.91 Å². The molecular formula is C20H22F3N3O2S. The molecule has 0 fully saturated rings. The highest BCUT2D eigenvalue weighted by molar-refractivity contribution is 7.98. The lowest BCUT2D eigenvalue weighted by Crippen LogP contribution is -2.40. The molecule has 0 aromatic heterocycles. The molecule has 0 aliphatic carbocycles. The van der Waals surface area contributed by atoms with Crippen LogP contribution < -0.4 is 10.0 Å². The molecule has 2 aromatic rings. The summed E-state index contributed by atoms with van der Waals surface area (Å²) in [5, 5.41) is 12.6. The number of nitrogens with one attached hydrogen (secondary N) is 2. The van der Waals surface area contributed by atoms with Crippen LogP contribution in [0.3, 0.4) is 0 Å². The first-order valence-electron chi connectivity index (χ1n) is 8.99. The SMILES string of the molecule is CC.Cc1ccc2c(c1)SNC(C(=O)NCC(O)c1cccc(C(F)(F)F)c1)=N2. The van der Waals surface area contributed by atoms with E-state index in [1.54, 1.807) is 6.07 Å². The van der Waals surface area contributed by atoms with Crippen molar-refractivity contribution in [3.05, 3.63) is 59.2 Å². The van der Waals surface area contributed by atoms with E-state index in [1.807, 2.05) is 32.9 Å². The zero-order valence-electron chi connectivity index (χ0n) is 16.2. The van der Waals surface area contributed by atoms with Crippen molar-refractivity contribution in [3.63, 3.8) is 0 Å². The second kappa shape index (κ2) is 9.80. The third kappa shape index (κ3) is 5.98. The molecule has 2 aromatic carbocycles. The van der Waals surface area contributed by atoms with Crippen LogP contribution in [0, 0.1) is 6.92 Å². The smallest absolute Gasteiger partial charge is 0.387 e. The van der Waals surface area contributed by atoms with Crippen LogP contribution in [0.25, 0.3) is 0 Å². The number of aliphatic hydroxyl groups is 1. The number of aliphatic imine (C=N–C) groups is 1. The van der Waals surface area contributed by atoms with E-state index in [-0.39, 0.29) is 17.9 Å². The highest BCUT2D eigenvalue weighted by Crippen LogP contribution is 2.32. The molecule has 0 saturated heterocycles. The fraction of sp³-hybridized carbons (Fsp3) is 0.300. The van der Waals surface area contributed by atoms with Crippen LogP contribution in [0.5, 0.6) is 0 Å². The number of amides is 1. The minimum absolute atomic E-state index is 0.0626. The van der Waals surface area contributed by atoms with Crippen molar-refractivity contribution in [2.45, 2.75) is 37.9 Å². The molecule has 156 valence electrons. The lowest BCUT2D eigenvalue weighted by atomic mass is 10.1. The largest absolute Gasteiger partial charge is 0.416 e. The Balaban J connectivity index is 0.00000145. The van der Waals surface area contributed by atoms with Gasteiger partial charge in [-0.15, -0.1) is 0 Å². The van der Waals surface area contributed by atoms with E-state index in [4.69, 9.17) is 0 Å². The number of carbonyl (C=O) groups excluding carboxylic acids is 1. The van der Waals surface area contributed by atoms with Crippen LogP contribution in [-0.2, 0) is 11.0 Å². The van der Waals surface area contributed by atoms with Gasteiger partial charge in [-0.1, -0.05) is 32.0 Å². The van der Waals surface area contributed by atoms with Gasteiger partial charge in [0, 0.05) is 6.54 Å². The number of halogens is 3. The van der Waals surface area contributed by atoms with E-state index in [0.717, 1.165) is 22.6 Å². The summed E-state index contributed by atoms with van der Waals surface area (Å²) >= 11 is 1.25. The van der Waals surface area contributed by atoms with E-state index < -0.39 is 23.8 Å². The number of carbonyl (C=O) groups is 1. The summed E-state index contributed by atoms with van der Waals surface area (Å²) in [6.07, 6.45) is -5.77. The fourth-order valence-electron chi connectivity index (χ4n) is 2.45. The van der Waals surface area contributed by atoms with Gasteiger partial charge in [-0.25, -0.2) is 4.99 Å². The van der Waals surface area contributed by atoms with Gasteiger partial charge in [0.05, 0.1) is 22.3 Å². The van der Waals surface area contributed by atoms with Crippen molar-refractivity contribution in [1.29, 1.82) is 0 Å². The van der Waals surface area contributed by atoms with Crippen LogP contribution >= 0.6 is 11.9 Å². The number of fused-ring (bicyclic) bond motifs is 1. The Morgan fingerprint density at radius 2 is 1.97 bits per heavy atom. The Morgan fingerprint density at radius 3 is 2.66 bits per heavy atom. The van der Waals surface area contributed by atoms with Gasteiger partial charge in [0.1, 0.15) is 0 Å². The molecule has 29 heavy (non-hydrogen) atoms. The second-order valence-corrected chi connectivity index (χ2v) is 6.83. The summed E-state index contributed by atoms with van der Waals surface area (Å²) in [6, 6.07) is 9.98. The lowest BCUT2D eigenvalue weighted by Gasteiger charge is -2.18. The summed E-state index contributed by atoms with van der Waals surface area (Å²) in [7, 11) is 0. The van der Waals surface area contributed by atoms with Gasteiger partial charge >= 0.3 is 6.18 Å². The average molecular weight is 425 g/mol. The average Bonchev–Trinajstić information content (AvgIpc) is 2.72. The molecule has 1 aliphatic heterocycles. The van der Waals surface area contributed by atoms with E-state index in [2.05, 4.69) is 15.0 Å². The van der Waals surface area contributed by atoms with Crippen molar-refractivity contribution in [3.8, 4) is 0 Å². The van der Waals surface area contributed by atoms with Crippen molar-refractivity contribution in [1.82, 2.24) is 10.0 Å². The van der Waals surface area contributed by atoms with Crippen molar-refractivity contribution in [2.24, 2.45) is 4.99 Å². The molecule has 0 bridgehead atoms. The number of alkyl halides is 3. The lowest BCUT2D eigenvalue weighted by molar-refractivity contribution is -0.137. The maximum atomic E-state index is 12.8. The van der Waals surface area contributed by atoms with Crippen LogP contribution in [0.1, 0.15) is 36.6 Å². The fourth-order valence-corrected chi connectivity index (χ4v) is 3.26. The van der Waals surface area contributed by atoms with Gasteiger partial charge in [0.2, 0.25) is 5.84 Å². The molecule has 1 amide bonds. The van der Waals surface area contributed by atoms with E-state index >= 15 is 0 Å². The predicted molar refractivity (Wildman–Crippen MR) is 108 cm³/mol. The molecule has 0 radical (unpaired) electrons. The van der Waals surface area contributed by atoms with Crippen LogP contribution in [0.4, 0.5) is 18.9 Å². The Bertz CT molecular complexity index is 901. The first-order valence-corrected chi connectivity index (χ1v) is 9.81. The number of aliphatic hydroxyl groups excluding tert-OH is 1. The van der Waals surface area contributed by atoms with Gasteiger partial charge in [-0.3, -0.25) is 4.79 Å². The molecule has 1 unspecified atom stereocenters. The topological polar surface area (TPSA) is 73.7 Å². The highest BCUT2D eigenvalue weighted by atomic mass is 32.2. The predicted octanol–water partition coefficient (Wildman–Crippen LogP) is 4.53. The third-order valence-electron chi connectivity index (χ3n) is 3.88. The van der Waals surface area contributed by atoms with Crippen LogP contribution in [0.2, 0.25) is 0 Å². The standard InChI is InChI=1S/C18H16F3N3O2S.C2H6/c1-10-5-6-13-15(7-10)27-24-16(23-13)17(26)22-9-14(25)11-3-2-4-12(8-11)18(19,20)21;1-2/h2-8,14,25H,9H2,1H3,(H,22,26)(H,23,24);1-2H3. The van der Waals surface area contributed by atoms with Crippen molar-refractivity contribution < 1.29 is 23.1 Å². The number of amidine groups is 1. The van der Waals surface area contributed by atoms with Crippen molar-refractivity contribution in [2.75, 3.05) is 6.54 Å². The molecule has 0 saturated carbocycles. The summed E-state index contributed by atoms with van der Waals surface area (Å²) in [6.45, 7) is 5.70. The molecule has 3 rings (SSSR count). The number of aryl methyl sites for hydroxylation is 1. The number of benzene rings is 2. The van der Waals surface area contributed by atoms with Crippen molar-refractivity contribution >= 4 is 29.4 Å². The van der Waals surface area contributed by atoms with Gasteiger partial charge in [-0.2, -0.15) is 13.2 Å². The van der Waals surface area contributed by atoms with Gasteiger partial charge in [0.15, 0.2) is 0 Å². The number of hydrogen-bond acceptors (Lipinski definition) is 5. The minimum Gasteiger partial charge on any atom is -0.387 e. The Hall–Kier alpha value is -2.52. The molecule has 0 spiro atoms. The van der Waals surface area contributed by atoms with Crippen LogP contribution in [-0.4, -0.2) is 23.4 Å². The Labute approximate surface area is 171 Å². The van der Waals surface area contributed by atoms with Gasteiger partial charge < -0.3 is 15.1 Å². The Kier molecular flexibility index (Phi) is 7.69. The highest BCUT2D eigenvalue weighted by Gasteiger charge is 2.31. The molecule has 9 heteroatoms. The number of rotatable bonds is 4. The molecule has 1 aliphatic rings. The summed E-state index contributed by atoms with van der Waals surface area (Å²) in [4.78, 5) is 17.3. The maximum absolute atomic E-state index is 12.8. The Morgan fingerprint density at radius 1 is 1.24 bits per heavy atom.